The Morgan fingerprint density at radius 2 is 2.00 bits per heavy atom. The SMILES string of the molecule is CCCNC(C)c1cc(C)ccc1OCC(F)(F)F. The molecular formula is C14H20F3NO. The molecule has 1 unspecified atom stereocenters. The van der Waals surface area contributed by atoms with Crippen LogP contribution in [0.3, 0.4) is 0 Å². The Kier molecular flexibility index (Phi) is 5.66. The van der Waals surface area contributed by atoms with Gasteiger partial charge in [0.25, 0.3) is 0 Å². The van der Waals surface area contributed by atoms with Crippen LogP contribution in [-0.4, -0.2) is 19.3 Å². The van der Waals surface area contributed by atoms with Crippen molar-refractivity contribution < 1.29 is 17.9 Å². The number of halogens is 3. The lowest BCUT2D eigenvalue weighted by Crippen LogP contribution is -2.23. The van der Waals surface area contributed by atoms with E-state index >= 15 is 0 Å². The van der Waals surface area contributed by atoms with Gasteiger partial charge in [-0.25, -0.2) is 0 Å². The van der Waals surface area contributed by atoms with Gasteiger partial charge in [-0.05, 0) is 32.9 Å². The van der Waals surface area contributed by atoms with E-state index in [9.17, 15) is 13.2 Å². The largest absolute Gasteiger partial charge is 0.484 e. The molecule has 0 aliphatic carbocycles. The standard InChI is InChI=1S/C14H20F3NO/c1-4-7-18-11(3)12-8-10(2)5-6-13(12)19-9-14(15,16)17/h5-6,8,11,18H,4,7,9H2,1-3H3. The van der Waals surface area contributed by atoms with E-state index in [1.807, 2.05) is 26.8 Å². The highest BCUT2D eigenvalue weighted by atomic mass is 19.4. The summed E-state index contributed by atoms with van der Waals surface area (Å²) in [7, 11) is 0. The van der Waals surface area contributed by atoms with Gasteiger partial charge in [0.1, 0.15) is 5.75 Å². The molecule has 0 aliphatic heterocycles. The summed E-state index contributed by atoms with van der Waals surface area (Å²) in [5.74, 6) is 0.291. The quantitative estimate of drug-likeness (QED) is 0.847. The zero-order chi connectivity index (χ0) is 14.5. The Bertz CT molecular complexity index is 404. The molecule has 19 heavy (non-hydrogen) atoms. The summed E-state index contributed by atoms with van der Waals surface area (Å²) in [4.78, 5) is 0. The molecule has 0 aromatic heterocycles. The highest BCUT2D eigenvalue weighted by Gasteiger charge is 2.29. The van der Waals surface area contributed by atoms with E-state index in [4.69, 9.17) is 4.74 Å². The minimum Gasteiger partial charge on any atom is -0.484 e. The maximum Gasteiger partial charge on any atom is 0.422 e. The molecule has 108 valence electrons. The molecule has 0 spiro atoms. The third-order valence-corrected chi connectivity index (χ3v) is 2.72. The van der Waals surface area contributed by atoms with Gasteiger partial charge in [0.2, 0.25) is 0 Å². The van der Waals surface area contributed by atoms with Crippen LogP contribution >= 0.6 is 0 Å². The Labute approximate surface area is 112 Å². The van der Waals surface area contributed by atoms with E-state index in [0.29, 0.717) is 5.75 Å². The first-order valence-electron chi connectivity index (χ1n) is 6.37. The van der Waals surface area contributed by atoms with Crippen molar-refractivity contribution >= 4 is 0 Å². The normalized spacial score (nSPS) is 13.4. The lowest BCUT2D eigenvalue weighted by Gasteiger charge is -2.19. The second-order valence-electron chi connectivity index (χ2n) is 4.62. The van der Waals surface area contributed by atoms with Crippen LogP contribution in [0.2, 0.25) is 0 Å². The maximum atomic E-state index is 12.2. The maximum absolute atomic E-state index is 12.2. The van der Waals surface area contributed by atoms with Crippen molar-refractivity contribution in [2.75, 3.05) is 13.2 Å². The van der Waals surface area contributed by atoms with Crippen LogP contribution in [0.1, 0.15) is 37.4 Å². The van der Waals surface area contributed by atoms with E-state index in [0.717, 1.165) is 24.1 Å². The minimum atomic E-state index is -4.32. The second-order valence-corrected chi connectivity index (χ2v) is 4.62. The van der Waals surface area contributed by atoms with E-state index in [-0.39, 0.29) is 6.04 Å². The summed E-state index contributed by atoms with van der Waals surface area (Å²) >= 11 is 0. The van der Waals surface area contributed by atoms with Crippen molar-refractivity contribution in [1.29, 1.82) is 0 Å². The van der Waals surface area contributed by atoms with Gasteiger partial charge in [-0.3, -0.25) is 0 Å². The van der Waals surface area contributed by atoms with Crippen molar-refractivity contribution in [3.63, 3.8) is 0 Å². The van der Waals surface area contributed by atoms with Crippen molar-refractivity contribution in [2.45, 2.75) is 39.4 Å². The van der Waals surface area contributed by atoms with Crippen LogP contribution in [0.4, 0.5) is 13.2 Å². The number of hydrogen-bond donors (Lipinski definition) is 1. The van der Waals surface area contributed by atoms with E-state index < -0.39 is 12.8 Å². The molecule has 1 aromatic carbocycles. The van der Waals surface area contributed by atoms with Crippen molar-refractivity contribution in [2.24, 2.45) is 0 Å². The van der Waals surface area contributed by atoms with Gasteiger partial charge in [-0.2, -0.15) is 13.2 Å². The number of ether oxygens (including phenoxy) is 1. The van der Waals surface area contributed by atoms with Crippen molar-refractivity contribution in [3.05, 3.63) is 29.3 Å². The van der Waals surface area contributed by atoms with E-state index in [1.165, 1.54) is 0 Å². The fraction of sp³-hybridized carbons (Fsp3) is 0.571. The van der Waals surface area contributed by atoms with Crippen LogP contribution in [0, 0.1) is 6.92 Å². The topological polar surface area (TPSA) is 21.3 Å². The number of alkyl halides is 3. The number of rotatable bonds is 6. The molecule has 0 amide bonds. The third kappa shape index (κ3) is 5.51. The Morgan fingerprint density at radius 3 is 2.58 bits per heavy atom. The molecule has 0 bridgehead atoms. The highest BCUT2D eigenvalue weighted by molar-refractivity contribution is 5.39. The highest BCUT2D eigenvalue weighted by Crippen LogP contribution is 2.28. The van der Waals surface area contributed by atoms with E-state index in [2.05, 4.69) is 5.32 Å². The number of nitrogens with one attached hydrogen (secondary N) is 1. The van der Waals surface area contributed by atoms with Gasteiger partial charge in [0.15, 0.2) is 6.61 Å². The number of aryl methyl sites for hydroxylation is 1. The first-order valence-corrected chi connectivity index (χ1v) is 6.37. The fourth-order valence-electron chi connectivity index (χ4n) is 1.77. The van der Waals surface area contributed by atoms with Gasteiger partial charge in [0.05, 0.1) is 0 Å². The van der Waals surface area contributed by atoms with Crippen LogP contribution in [0.5, 0.6) is 5.75 Å². The predicted molar refractivity (Wildman–Crippen MR) is 69.4 cm³/mol. The molecule has 1 atom stereocenters. The molecule has 0 saturated carbocycles. The molecule has 0 aliphatic rings. The van der Waals surface area contributed by atoms with Gasteiger partial charge in [-0.1, -0.05) is 24.6 Å². The zero-order valence-electron chi connectivity index (χ0n) is 11.5. The fourth-order valence-corrected chi connectivity index (χ4v) is 1.77. The van der Waals surface area contributed by atoms with Crippen LogP contribution in [0.25, 0.3) is 0 Å². The molecule has 1 aromatic rings. The Hall–Kier alpha value is -1.23. The number of hydrogen-bond acceptors (Lipinski definition) is 2. The average Bonchev–Trinajstić information content (AvgIpc) is 2.33. The van der Waals surface area contributed by atoms with Gasteiger partial charge in [-0.15, -0.1) is 0 Å². The summed E-state index contributed by atoms with van der Waals surface area (Å²) in [6.07, 6.45) is -3.35. The Morgan fingerprint density at radius 1 is 1.32 bits per heavy atom. The molecule has 0 fully saturated rings. The van der Waals surface area contributed by atoms with Gasteiger partial charge in [0, 0.05) is 11.6 Å². The van der Waals surface area contributed by atoms with Crippen LogP contribution in [-0.2, 0) is 0 Å². The second kappa shape index (κ2) is 6.80. The zero-order valence-corrected chi connectivity index (χ0v) is 11.5. The monoisotopic (exact) mass is 275 g/mol. The molecule has 1 N–H and O–H groups in total. The van der Waals surface area contributed by atoms with Crippen LogP contribution < -0.4 is 10.1 Å². The summed E-state index contributed by atoms with van der Waals surface area (Å²) < 4.78 is 41.5. The third-order valence-electron chi connectivity index (χ3n) is 2.72. The summed E-state index contributed by atoms with van der Waals surface area (Å²) in [5.41, 5.74) is 1.76. The summed E-state index contributed by atoms with van der Waals surface area (Å²) in [6.45, 7) is 5.42. The predicted octanol–water partition coefficient (Wildman–Crippen LogP) is 4.00. The lowest BCUT2D eigenvalue weighted by atomic mass is 10.0. The molecule has 1 rings (SSSR count). The summed E-state index contributed by atoms with van der Waals surface area (Å²) in [5, 5.41) is 3.25. The van der Waals surface area contributed by atoms with E-state index in [1.54, 1.807) is 12.1 Å². The molecule has 0 heterocycles. The Balaban J connectivity index is 2.85. The molecule has 0 radical (unpaired) electrons. The molecule has 5 heteroatoms. The molecule has 0 saturated heterocycles. The smallest absolute Gasteiger partial charge is 0.422 e. The summed E-state index contributed by atoms with van der Waals surface area (Å²) in [6, 6.07) is 5.17. The first kappa shape index (κ1) is 15.8. The lowest BCUT2D eigenvalue weighted by molar-refractivity contribution is -0.153. The van der Waals surface area contributed by atoms with Crippen molar-refractivity contribution in [1.82, 2.24) is 5.32 Å². The van der Waals surface area contributed by atoms with Crippen molar-refractivity contribution in [3.8, 4) is 5.75 Å². The average molecular weight is 275 g/mol. The number of benzene rings is 1. The minimum absolute atomic E-state index is 0.0388. The van der Waals surface area contributed by atoms with Gasteiger partial charge >= 0.3 is 6.18 Å². The first-order chi connectivity index (χ1) is 8.83. The molecule has 2 nitrogen and oxygen atoms in total. The van der Waals surface area contributed by atoms with Gasteiger partial charge < -0.3 is 10.1 Å². The van der Waals surface area contributed by atoms with Crippen LogP contribution in [0.15, 0.2) is 18.2 Å². The molecular weight excluding hydrogens is 255 g/mol.